The maximum absolute atomic E-state index is 12.0. The molecule has 0 saturated heterocycles. The Balaban J connectivity index is 2.79. The Bertz CT molecular complexity index is 409. The highest BCUT2D eigenvalue weighted by Gasteiger charge is 2.16. The van der Waals surface area contributed by atoms with Crippen LogP contribution < -0.4 is 11.1 Å². The zero-order valence-electron chi connectivity index (χ0n) is 10.3. The molecule has 0 aliphatic heterocycles. The van der Waals surface area contributed by atoms with Crippen molar-refractivity contribution in [3.8, 4) is 0 Å². The minimum atomic E-state index is -0.177. The highest BCUT2D eigenvalue weighted by atomic mass is 79.9. The van der Waals surface area contributed by atoms with Crippen LogP contribution in [-0.4, -0.2) is 16.9 Å². The molecule has 5 heteroatoms. The number of hydrogen-bond acceptors (Lipinski definition) is 3. The molecule has 1 aromatic rings. The molecule has 1 amide bonds. The van der Waals surface area contributed by atoms with E-state index in [1.165, 1.54) is 0 Å². The molecule has 0 fully saturated rings. The van der Waals surface area contributed by atoms with E-state index in [-0.39, 0.29) is 17.8 Å². The molecule has 0 aliphatic carbocycles. The van der Waals surface area contributed by atoms with Gasteiger partial charge in [-0.05, 0) is 34.8 Å². The first-order valence-corrected chi connectivity index (χ1v) is 6.46. The summed E-state index contributed by atoms with van der Waals surface area (Å²) in [5, 5.41) is 2.94. The number of nitrogen functional groups attached to an aromatic ring is 1. The van der Waals surface area contributed by atoms with Crippen LogP contribution in [0.2, 0.25) is 0 Å². The number of rotatable bonds is 4. The Morgan fingerprint density at radius 2 is 2.24 bits per heavy atom. The van der Waals surface area contributed by atoms with E-state index in [9.17, 15) is 4.79 Å². The van der Waals surface area contributed by atoms with Crippen LogP contribution in [0.25, 0.3) is 0 Å². The lowest BCUT2D eigenvalue weighted by Gasteiger charge is -2.20. The third-order valence-electron chi connectivity index (χ3n) is 2.99. The molecule has 1 rings (SSSR count). The second kappa shape index (κ2) is 6.00. The van der Waals surface area contributed by atoms with Crippen molar-refractivity contribution >= 4 is 27.7 Å². The summed E-state index contributed by atoms with van der Waals surface area (Å²) in [6, 6.07) is 1.80. The van der Waals surface area contributed by atoms with E-state index in [0.717, 1.165) is 10.9 Å². The number of carbonyl (C=O) groups excluding carboxylic acids is 1. The summed E-state index contributed by atoms with van der Waals surface area (Å²) in [5.74, 6) is 0.506. The first kappa shape index (κ1) is 14.0. The highest BCUT2D eigenvalue weighted by Crippen LogP contribution is 2.16. The predicted octanol–water partition coefficient (Wildman–Crippen LogP) is 2.59. The molecular formula is C12H18BrN3O. The Morgan fingerprint density at radius 3 is 2.82 bits per heavy atom. The largest absolute Gasteiger partial charge is 0.383 e. The van der Waals surface area contributed by atoms with Crippen LogP contribution in [0.3, 0.4) is 0 Å². The van der Waals surface area contributed by atoms with Gasteiger partial charge in [0.25, 0.3) is 5.91 Å². The summed E-state index contributed by atoms with van der Waals surface area (Å²) in [6.07, 6.45) is 2.60. The predicted molar refractivity (Wildman–Crippen MR) is 72.7 cm³/mol. The number of aromatic nitrogens is 1. The van der Waals surface area contributed by atoms with Crippen molar-refractivity contribution in [3.63, 3.8) is 0 Å². The van der Waals surface area contributed by atoms with Crippen LogP contribution in [0.5, 0.6) is 0 Å². The van der Waals surface area contributed by atoms with E-state index in [1.54, 1.807) is 12.3 Å². The number of nitrogens with zero attached hydrogens (tertiary/aromatic N) is 1. The van der Waals surface area contributed by atoms with Gasteiger partial charge in [-0.15, -0.1) is 0 Å². The number of nitrogens with one attached hydrogen (secondary N) is 1. The second-order valence-corrected chi connectivity index (χ2v) is 5.15. The molecule has 0 aromatic carbocycles. The number of amides is 1. The average Bonchev–Trinajstić information content (AvgIpc) is 2.30. The van der Waals surface area contributed by atoms with Gasteiger partial charge in [0.2, 0.25) is 0 Å². The summed E-state index contributed by atoms with van der Waals surface area (Å²) in [5.41, 5.74) is 6.09. The molecule has 17 heavy (non-hydrogen) atoms. The SMILES string of the molecule is CCC(C)C(C)NC(=O)c1cc(Br)cnc1N. The average molecular weight is 300 g/mol. The monoisotopic (exact) mass is 299 g/mol. The van der Waals surface area contributed by atoms with Gasteiger partial charge in [0.15, 0.2) is 0 Å². The van der Waals surface area contributed by atoms with Crippen LogP contribution in [0.1, 0.15) is 37.6 Å². The van der Waals surface area contributed by atoms with Gasteiger partial charge in [-0.25, -0.2) is 4.98 Å². The molecule has 94 valence electrons. The van der Waals surface area contributed by atoms with E-state index in [2.05, 4.69) is 40.1 Å². The zero-order valence-corrected chi connectivity index (χ0v) is 11.9. The van der Waals surface area contributed by atoms with E-state index in [0.29, 0.717) is 11.5 Å². The molecule has 0 bridgehead atoms. The topological polar surface area (TPSA) is 68.0 Å². The highest BCUT2D eigenvalue weighted by molar-refractivity contribution is 9.10. The molecule has 0 saturated carbocycles. The Hall–Kier alpha value is -1.10. The summed E-state index contributed by atoms with van der Waals surface area (Å²) >= 11 is 3.28. The second-order valence-electron chi connectivity index (χ2n) is 4.23. The lowest BCUT2D eigenvalue weighted by atomic mass is 10.0. The van der Waals surface area contributed by atoms with Gasteiger partial charge >= 0.3 is 0 Å². The van der Waals surface area contributed by atoms with Crippen LogP contribution in [-0.2, 0) is 0 Å². The quantitative estimate of drug-likeness (QED) is 0.898. The van der Waals surface area contributed by atoms with Gasteiger partial charge in [-0.2, -0.15) is 0 Å². The minimum absolute atomic E-state index is 0.117. The smallest absolute Gasteiger partial charge is 0.255 e. The number of carbonyl (C=O) groups is 1. The van der Waals surface area contributed by atoms with Crippen molar-refractivity contribution in [2.75, 3.05) is 5.73 Å². The molecule has 0 aliphatic rings. The van der Waals surface area contributed by atoms with Gasteiger partial charge < -0.3 is 11.1 Å². The van der Waals surface area contributed by atoms with Crippen LogP contribution in [0.4, 0.5) is 5.82 Å². The summed E-state index contributed by atoms with van der Waals surface area (Å²) in [7, 11) is 0. The van der Waals surface area contributed by atoms with E-state index in [1.807, 2.05) is 6.92 Å². The standard InChI is InChI=1S/C12H18BrN3O/c1-4-7(2)8(3)16-12(17)10-5-9(13)6-15-11(10)14/h5-8H,4H2,1-3H3,(H2,14,15)(H,16,17). The number of anilines is 1. The van der Waals surface area contributed by atoms with Gasteiger partial charge in [0, 0.05) is 16.7 Å². The van der Waals surface area contributed by atoms with Gasteiger partial charge in [0.05, 0.1) is 5.56 Å². The minimum Gasteiger partial charge on any atom is -0.383 e. The fraction of sp³-hybridized carbons (Fsp3) is 0.500. The maximum Gasteiger partial charge on any atom is 0.255 e. The molecule has 3 N–H and O–H groups in total. The number of nitrogens with two attached hydrogens (primary N) is 1. The van der Waals surface area contributed by atoms with E-state index < -0.39 is 0 Å². The summed E-state index contributed by atoms with van der Waals surface area (Å²) in [4.78, 5) is 15.9. The van der Waals surface area contributed by atoms with Crippen LogP contribution >= 0.6 is 15.9 Å². The van der Waals surface area contributed by atoms with Crippen molar-refractivity contribution in [2.45, 2.75) is 33.2 Å². The lowest BCUT2D eigenvalue weighted by Crippen LogP contribution is -2.37. The van der Waals surface area contributed by atoms with E-state index in [4.69, 9.17) is 5.73 Å². The first-order valence-electron chi connectivity index (χ1n) is 5.67. The van der Waals surface area contributed by atoms with Gasteiger partial charge in [-0.1, -0.05) is 20.3 Å². The maximum atomic E-state index is 12.0. The molecule has 4 nitrogen and oxygen atoms in total. The van der Waals surface area contributed by atoms with Gasteiger partial charge in [-0.3, -0.25) is 4.79 Å². The zero-order chi connectivity index (χ0) is 13.0. The van der Waals surface area contributed by atoms with Crippen LogP contribution in [0.15, 0.2) is 16.7 Å². The number of hydrogen-bond donors (Lipinski definition) is 2. The molecule has 0 radical (unpaired) electrons. The summed E-state index contributed by atoms with van der Waals surface area (Å²) < 4.78 is 0.744. The van der Waals surface area contributed by atoms with Crippen molar-refractivity contribution in [1.82, 2.24) is 10.3 Å². The first-order chi connectivity index (χ1) is 7.95. The van der Waals surface area contributed by atoms with Crippen molar-refractivity contribution < 1.29 is 4.79 Å². The fourth-order valence-electron chi connectivity index (χ4n) is 1.41. The molecule has 1 heterocycles. The van der Waals surface area contributed by atoms with Crippen molar-refractivity contribution in [3.05, 3.63) is 22.3 Å². The fourth-order valence-corrected chi connectivity index (χ4v) is 1.74. The normalized spacial score (nSPS) is 14.1. The Kier molecular flexibility index (Phi) is 4.93. The number of halogens is 1. The third kappa shape index (κ3) is 3.70. The Morgan fingerprint density at radius 1 is 1.59 bits per heavy atom. The molecule has 2 atom stereocenters. The molecule has 0 spiro atoms. The molecule has 2 unspecified atom stereocenters. The third-order valence-corrected chi connectivity index (χ3v) is 3.42. The summed E-state index contributed by atoms with van der Waals surface area (Å²) in [6.45, 7) is 6.20. The molecular weight excluding hydrogens is 282 g/mol. The van der Waals surface area contributed by atoms with Crippen LogP contribution in [0, 0.1) is 5.92 Å². The van der Waals surface area contributed by atoms with Crippen molar-refractivity contribution in [1.29, 1.82) is 0 Å². The van der Waals surface area contributed by atoms with Gasteiger partial charge in [0.1, 0.15) is 5.82 Å². The number of pyridine rings is 1. The van der Waals surface area contributed by atoms with E-state index >= 15 is 0 Å². The lowest BCUT2D eigenvalue weighted by molar-refractivity contribution is 0.0928. The van der Waals surface area contributed by atoms with Crippen molar-refractivity contribution in [2.24, 2.45) is 5.92 Å². The molecule has 1 aromatic heterocycles. The Labute approximate surface area is 110 Å².